The van der Waals surface area contributed by atoms with E-state index in [0.29, 0.717) is 27.6 Å². The molecule has 1 aliphatic carbocycles. The third-order valence-electron chi connectivity index (χ3n) is 4.03. The minimum atomic E-state index is -1.02. The minimum Gasteiger partial charge on any atom is -0.481 e. The average molecular weight is 360 g/mol. The van der Waals surface area contributed by atoms with E-state index in [-0.39, 0.29) is 30.5 Å². The summed E-state index contributed by atoms with van der Waals surface area (Å²) in [5.74, 6) is -1.36. The van der Waals surface area contributed by atoms with Gasteiger partial charge in [-0.3, -0.25) is 19.7 Å². The number of aromatic nitrogens is 1. The number of aliphatic carboxylic acids is 1. The Balaban J connectivity index is 1.54. The molecule has 0 saturated heterocycles. The van der Waals surface area contributed by atoms with Crippen molar-refractivity contribution >= 4 is 34.1 Å². The zero-order valence-electron chi connectivity index (χ0n) is 12.8. The van der Waals surface area contributed by atoms with Crippen LogP contribution >= 0.6 is 11.3 Å². The molecule has 0 fully saturated rings. The lowest BCUT2D eigenvalue weighted by molar-refractivity contribution is -0.141. The average Bonchev–Trinajstić information content (AvgIpc) is 3.20. The fraction of sp³-hybridized carbons (Fsp3) is 0.250. The van der Waals surface area contributed by atoms with Crippen LogP contribution in [-0.2, 0) is 11.2 Å². The standard InChI is InChI=1S/C16H12N2O6S/c19-10-4-8(15(21)22)3-9-13(10)25-16(17-9)18-14(20)7-1-2-11-12(5-7)24-6-23-11/h1-2,5,8H,3-4,6H2,(H,21,22)(H,17,18,20)/t8-/m1/s1. The Morgan fingerprint density at radius 3 is 2.84 bits per heavy atom. The molecule has 0 bridgehead atoms. The van der Waals surface area contributed by atoms with Crippen LogP contribution in [0.2, 0.25) is 0 Å². The topological polar surface area (TPSA) is 115 Å². The van der Waals surface area contributed by atoms with Crippen LogP contribution in [0.5, 0.6) is 11.5 Å². The molecule has 0 radical (unpaired) electrons. The summed E-state index contributed by atoms with van der Waals surface area (Å²) in [6.07, 6.45) is 0.146. The number of anilines is 1. The number of amides is 1. The molecule has 9 heteroatoms. The number of carboxylic acid groups (broad SMARTS) is 1. The van der Waals surface area contributed by atoms with Crippen LogP contribution in [0, 0.1) is 5.92 Å². The number of thiazole rings is 1. The summed E-state index contributed by atoms with van der Waals surface area (Å²) in [5.41, 5.74) is 0.793. The first-order chi connectivity index (χ1) is 12.0. The van der Waals surface area contributed by atoms with Crippen molar-refractivity contribution in [1.82, 2.24) is 4.98 Å². The number of benzene rings is 1. The van der Waals surface area contributed by atoms with E-state index >= 15 is 0 Å². The Bertz CT molecular complexity index is 906. The van der Waals surface area contributed by atoms with Gasteiger partial charge in [0.05, 0.1) is 16.5 Å². The van der Waals surface area contributed by atoms with Gasteiger partial charge in [-0.1, -0.05) is 11.3 Å². The van der Waals surface area contributed by atoms with E-state index in [0.717, 1.165) is 11.3 Å². The van der Waals surface area contributed by atoms with Gasteiger partial charge in [-0.15, -0.1) is 0 Å². The van der Waals surface area contributed by atoms with Gasteiger partial charge in [0.2, 0.25) is 6.79 Å². The van der Waals surface area contributed by atoms with Crippen molar-refractivity contribution in [2.45, 2.75) is 12.8 Å². The number of nitrogens with one attached hydrogen (secondary N) is 1. The number of carbonyl (C=O) groups excluding carboxylic acids is 2. The largest absolute Gasteiger partial charge is 0.481 e. The van der Waals surface area contributed by atoms with Crippen molar-refractivity contribution in [3.63, 3.8) is 0 Å². The van der Waals surface area contributed by atoms with Gasteiger partial charge in [-0.2, -0.15) is 0 Å². The molecule has 1 aromatic heterocycles. The fourth-order valence-corrected chi connectivity index (χ4v) is 3.70. The van der Waals surface area contributed by atoms with Crippen molar-refractivity contribution in [3.05, 3.63) is 34.3 Å². The molecule has 25 heavy (non-hydrogen) atoms. The summed E-state index contributed by atoms with van der Waals surface area (Å²) in [6, 6.07) is 4.81. The first-order valence-electron chi connectivity index (χ1n) is 7.48. The smallest absolute Gasteiger partial charge is 0.307 e. The number of hydrogen-bond donors (Lipinski definition) is 2. The van der Waals surface area contributed by atoms with E-state index in [1.54, 1.807) is 18.2 Å². The lowest BCUT2D eigenvalue weighted by Crippen LogP contribution is -2.25. The highest BCUT2D eigenvalue weighted by Gasteiger charge is 2.33. The second-order valence-electron chi connectivity index (χ2n) is 5.68. The zero-order chi connectivity index (χ0) is 17.6. The molecule has 1 aromatic carbocycles. The van der Waals surface area contributed by atoms with E-state index < -0.39 is 17.8 Å². The quantitative estimate of drug-likeness (QED) is 0.859. The van der Waals surface area contributed by atoms with E-state index in [1.165, 1.54) is 0 Å². The molecule has 2 heterocycles. The zero-order valence-corrected chi connectivity index (χ0v) is 13.6. The lowest BCUT2D eigenvalue weighted by Gasteiger charge is -2.15. The summed E-state index contributed by atoms with van der Waals surface area (Å²) in [4.78, 5) is 40.2. The molecule has 2 aliphatic rings. The molecular formula is C16H12N2O6S. The number of ether oxygens (including phenoxy) is 2. The van der Waals surface area contributed by atoms with Crippen LogP contribution in [0.1, 0.15) is 32.1 Å². The second-order valence-corrected chi connectivity index (χ2v) is 6.68. The highest BCUT2D eigenvalue weighted by atomic mass is 32.1. The van der Waals surface area contributed by atoms with Crippen LogP contribution < -0.4 is 14.8 Å². The Hall–Kier alpha value is -2.94. The van der Waals surface area contributed by atoms with Crippen LogP contribution in [0.15, 0.2) is 18.2 Å². The maximum atomic E-state index is 12.4. The Kier molecular flexibility index (Phi) is 3.65. The predicted octanol–water partition coefficient (Wildman–Crippen LogP) is 1.95. The molecule has 8 nitrogen and oxygen atoms in total. The summed E-state index contributed by atoms with van der Waals surface area (Å²) in [7, 11) is 0. The summed E-state index contributed by atoms with van der Waals surface area (Å²) in [5, 5.41) is 12.0. The molecule has 0 saturated carbocycles. The first kappa shape index (κ1) is 15.6. The normalized spacial score (nSPS) is 17.9. The third kappa shape index (κ3) is 2.82. The molecular weight excluding hydrogens is 348 g/mol. The molecule has 2 aromatic rings. The van der Waals surface area contributed by atoms with Crippen LogP contribution in [-0.4, -0.2) is 34.5 Å². The summed E-state index contributed by atoms with van der Waals surface area (Å²) >= 11 is 1.06. The maximum absolute atomic E-state index is 12.4. The van der Waals surface area contributed by atoms with Crippen molar-refractivity contribution in [3.8, 4) is 11.5 Å². The fourth-order valence-electron chi connectivity index (χ4n) is 2.77. The Morgan fingerprint density at radius 2 is 2.04 bits per heavy atom. The number of Topliss-reactive ketones (excluding diaryl/α,β-unsaturated/α-hetero) is 1. The molecule has 0 unspecified atom stereocenters. The monoisotopic (exact) mass is 360 g/mol. The van der Waals surface area contributed by atoms with Crippen molar-refractivity contribution < 1.29 is 29.0 Å². The Morgan fingerprint density at radius 1 is 1.24 bits per heavy atom. The minimum absolute atomic E-state index is 0.0416. The molecule has 128 valence electrons. The number of carboxylic acids is 1. The lowest BCUT2D eigenvalue weighted by atomic mass is 9.90. The maximum Gasteiger partial charge on any atom is 0.307 e. The van der Waals surface area contributed by atoms with Gasteiger partial charge in [0.1, 0.15) is 0 Å². The number of hydrogen-bond acceptors (Lipinski definition) is 7. The van der Waals surface area contributed by atoms with Gasteiger partial charge in [-0.25, -0.2) is 4.98 Å². The van der Waals surface area contributed by atoms with Gasteiger partial charge >= 0.3 is 5.97 Å². The van der Waals surface area contributed by atoms with Gasteiger partial charge in [0.15, 0.2) is 22.4 Å². The van der Waals surface area contributed by atoms with Gasteiger partial charge in [0, 0.05) is 18.4 Å². The number of ketones is 1. The third-order valence-corrected chi connectivity index (χ3v) is 5.08. The van der Waals surface area contributed by atoms with E-state index in [9.17, 15) is 14.4 Å². The number of nitrogens with zero attached hydrogens (tertiary/aromatic N) is 1. The van der Waals surface area contributed by atoms with Crippen molar-refractivity contribution in [2.75, 3.05) is 12.1 Å². The molecule has 1 amide bonds. The molecule has 1 atom stereocenters. The second kappa shape index (κ2) is 5.85. The molecule has 1 aliphatic heterocycles. The summed E-state index contributed by atoms with van der Waals surface area (Å²) in [6.45, 7) is 0.118. The van der Waals surface area contributed by atoms with E-state index in [2.05, 4.69) is 10.3 Å². The van der Waals surface area contributed by atoms with Crippen LogP contribution in [0.25, 0.3) is 0 Å². The molecule has 4 rings (SSSR count). The molecule has 2 N–H and O–H groups in total. The van der Waals surface area contributed by atoms with Gasteiger partial charge < -0.3 is 14.6 Å². The predicted molar refractivity (Wildman–Crippen MR) is 86.4 cm³/mol. The first-order valence-corrected chi connectivity index (χ1v) is 8.29. The molecule has 0 spiro atoms. The SMILES string of the molecule is O=C(Nc1nc2c(s1)C(=O)C[C@H](C(=O)O)C2)c1ccc2c(c1)OCO2. The number of rotatable bonds is 3. The Labute approximate surface area is 145 Å². The number of carbonyl (C=O) groups is 3. The highest BCUT2D eigenvalue weighted by molar-refractivity contribution is 7.17. The summed E-state index contributed by atoms with van der Waals surface area (Å²) < 4.78 is 10.4. The van der Waals surface area contributed by atoms with Gasteiger partial charge in [0.25, 0.3) is 5.91 Å². The number of fused-ring (bicyclic) bond motifs is 2. The van der Waals surface area contributed by atoms with Crippen molar-refractivity contribution in [2.24, 2.45) is 5.92 Å². The van der Waals surface area contributed by atoms with Gasteiger partial charge in [-0.05, 0) is 18.2 Å². The van der Waals surface area contributed by atoms with Crippen molar-refractivity contribution in [1.29, 1.82) is 0 Å². The van der Waals surface area contributed by atoms with Crippen LogP contribution in [0.3, 0.4) is 0 Å². The van der Waals surface area contributed by atoms with E-state index in [1.807, 2.05) is 0 Å². The highest BCUT2D eigenvalue weighted by Crippen LogP contribution is 2.34. The van der Waals surface area contributed by atoms with E-state index in [4.69, 9.17) is 14.6 Å². The van der Waals surface area contributed by atoms with Crippen LogP contribution in [0.4, 0.5) is 5.13 Å².